The van der Waals surface area contributed by atoms with Gasteiger partial charge in [0, 0.05) is 22.6 Å². The lowest BCUT2D eigenvalue weighted by Crippen LogP contribution is -2.43. The highest BCUT2D eigenvalue weighted by atomic mass is 79.9. The average molecular weight is 559 g/mol. The van der Waals surface area contributed by atoms with E-state index in [4.69, 9.17) is 16.6 Å². The summed E-state index contributed by atoms with van der Waals surface area (Å²) in [7, 11) is 0. The molecule has 8 heteroatoms. The lowest BCUT2D eigenvalue weighted by atomic mass is 9.94. The van der Waals surface area contributed by atoms with E-state index in [0.29, 0.717) is 38.7 Å². The van der Waals surface area contributed by atoms with E-state index >= 15 is 0 Å². The molecule has 3 aromatic rings. The molecule has 0 N–H and O–H groups in total. The largest absolute Gasteiger partial charge is 0.339 e. The Bertz CT molecular complexity index is 1470. The fraction of sp³-hybridized carbons (Fsp3) is 0.269. The molecule has 1 aliphatic rings. The second-order valence-electron chi connectivity index (χ2n) is 8.12. The van der Waals surface area contributed by atoms with Crippen LogP contribution in [0, 0.1) is 6.92 Å². The first-order valence-corrected chi connectivity index (χ1v) is 13.1. The van der Waals surface area contributed by atoms with Gasteiger partial charge in [0.15, 0.2) is 4.80 Å². The Morgan fingerprint density at radius 1 is 1.18 bits per heavy atom. The van der Waals surface area contributed by atoms with Gasteiger partial charge in [0.25, 0.3) is 11.5 Å². The van der Waals surface area contributed by atoms with E-state index in [2.05, 4.69) is 15.9 Å². The molecule has 0 saturated carbocycles. The first-order valence-electron chi connectivity index (χ1n) is 11.1. The van der Waals surface area contributed by atoms with E-state index in [9.17, 15) is 9.59 Å². The van der Waals surface area contributed by atoms with Gasteiger partial charge >= 0.3 is 0 Å². The van der Waals surface area contributed by atoms with Crippen LogP contribution in [0.1, 0.15) is 43.5 Å². The molecule has 1 aromatic heterocycles. The number of halogens is 2. The van der Waals surface area contributed by atoms with Crippen LogP contribution in [0.15, 0.2) is 68.0 Å². The Labute approximate surface area is 215 Å². The van der Waals surface area contributed by atoms with E-state index in [1.807, 2.05) is 64.1 Å². The maximum atomic E-state index is 13.7. The molecule has 1 amide bonds. The van der Waals surface area contributed by atoms with Crippen molar-refractivity contribution < 1.29 is 4.79 Å². The van der Waals surface area contributed by atoms with Crippen molar-refractivity contribution in [1.29, 1.82) is 0 Å². The molecule has 0 radical (unpaired) electrons. The van der Waals surface area contributed by atoms with Crippen LogP contribution in [-0.2, 0) is 4.79 Å². The molecule has 0 spiro atoms. The predicted octanol–water partition coefficient (Wildman–Crippen LogP) is 4.83. The van der Waals surface area contributed by atoms with Gasteiger partial charge in [0.1, 0.15) is 0 Å². The molecule has 0 fully saturated rings. The van der Waals surface area contributed by atoms with Crippen LogP contribution in [0.3, 0.4) is 0 Å². The lowest BCUT2D eigenvalue weighted by Gasteiger charge is -2.29. The minimum absolute atomic E-state index is 0.108. The lowest BCUT2D eigenvalue weighted by molar-refractivity contribution is -0.127. The maximum Gasteiger partial charge on any atom is 0.271 e. The maximum absolute atomic E-state index is 13.7. The summed E-state index contributed by atoms with van der Waals surface area (Å²) in [5, 5.41) is 0.596. The molecule has 1 atom stereocenters. The number of allylic oxidation sites excluding steroid dienone is 1. The number of aromatic nitrogens is 1. The third-order valence-corrected chi connectivity index (χ3v) is 8.07. The van der Waals surface area contributed by atoms with Crippen molar-refractivity contribution in [2.45, 2.75) is 33.7 Å². The number of rotatable bonds is 5. The summed E-state index contributed by atoms with van der Waals surface area (Å²) >= 11 is 11.0. The number of nitrogens with zero attached hydrogens (tertiary/aromatic N) is 3. The van der Waals surface area contributed by atoms with Gasteiger partial charge in [-0.1, -0.05) is 63.1 Å². The number of carbonyl (C=O) groups excluding carboxylic acids is 1. The molecule has 2 heterocycles. The van der Waals surface area contributed by atoms with E-state index < -0.39 is 6.04 Å². The van der Waals surface area contributed by atoms with E-state index in [0.717, 1.165) is 21.2 Å². The monoisotopic (exact) mass is 557 g/mol. The van der Waals surface area contributed by atoms with Gasteiger partial charge in [-0.15, -0.1) is 0 Å². The molecule has 34 heavy (non-hydrogen) atoms. The van der Waals surface area contributed by atoms with Crippen LogP contribution >= 0.6 is 38.9 Å². The van der Waals surface area contributed by atoms with Crippen LogP contribution < -0.4 is 14.9 Å². The number of amides is 1. The number of benzene rings is 2. The van der Waals surface area contributed by atoms with Crippen molar-refractivity contribution in [2.75, 3.05) is 13.1 Å². The number of fused-ring (bicyclic) bond motifs is 1. The molecule has 1 aliphatic heterocycles. The zero-order valence-electron chi connectivity index (χ0n) is 19.4. The quantitative estimate of drug-likeness (QED) is 0.451. The summed E-state index contributed by atoms with van der Waals surface area (Å²) < 4.78 is 3.20. The van der Waals surface area contributed by atoms with Gasteiger partial charge in [0.2, 0.25) is 0 Å². The standard InChI is InChI=1S/C26H25BrClN3O2S/c1-5-30(6-2)25(33)22-16(4)29-26-31(23(22)18-9-11-19(28)12-10-18)24(32)21(34-26)14-17-8-7-15(3)20(27)13-17/h7-14,23H,5-6H2,1-4H3/b21-14+/t23-/m1/s1. The van der Waals surface area contributed by atoms with E-state index in [1.165, 1.54) is 11.3 Å². The number of likely N-dealkylation sites (N-methyl/N-ethyl adjacent to an activating group) is 1. The molecule has 176 valence electrons. The Balaban J connectivity index is 1.95. The molecular formula is C26H25BrClN3O2S. The van der Waals surface area contributed by atoms with Crippen LogP contribution in [-0.4, -0.2) is 28.5 Å². The molecule has 5 nitrogen and oxygen atoms in total. The molecule has 4 rings (SSSR count). The molecular weight excluding hydrogens is 534 g/mol. The van der Waals surface area contributed by atoms with Crippen LogP contribution in [0.5, 0.6) is 0 Å². The highest BCUT2D eigenvalue weighted by Crippen LogP contribution is 2.31. The van der Waals surface area contributed by atoms with Gasteiger partial charge < -0.3 is 4.90 Å². The predicted molar refractivity (Wildman–Crippen MR) is 142 cm³/mol. The van der Waals surface area contributed by atoms with Gasteiger partial charge in [-0.2, -0.15) is 0 Å². The first-order chi connectivity index (χ1) is 16.2. The molecule has 0 saturated heterocycles. The Kier molecular flexibility index (Phi) is 7.26. The van der Waals surface area contributed by atoms with Crippen molar-refractivity contribution in [3.8, 4) is 0 Å². The number of hydrogen-bond acceptors (Lipinski definition) is 4. The fourth-order valence-corrected chi connectivity index (χ4v) is 5.66. The molecule has 0 bridgehead atoms. The minimum atomic E-state index is -0.575. The van der Waals surface area contributed by atoms with E-state index in [-0.39, 0.29) is 11.5 Å². The summed E-state index contributed by atoms with van der Waals surface area (Å²) in [5.74, 6) is -0.108. The third-order valence-electron chi connectivity index (χ3n) is 5.98. The second kappa shape index (κ2) is 10.0. The number of thiazole rings is 1. The third kappa shape index (κ3) is 4.57. The zero-order chi connectivity index (χ0) is 24.6. The van der Waals surface area contributed by atoms with Gasteiger partial charge in [-0.25, -0.2) is 4.99 Å². The number of hydrogen-bond donors (Lipinski definition) is 0. The zero-order valence-corrected chi connectivity index (χ0v) is 22.6. The van der Waals surface area contributed by atoms with Crippen molar-refractivity contribution in [2.24, 2.45) is 4.99 Å². The summed E-state index contributed by atoms with van der Waals surface area (Å²) in [5.41, 5.74) is 3.83. The van der Waals surface area contributed by atoms with Gasteiger partial charge in [0.05, 0.1) is 21.8 Å². The molecule has 0 unspecified atom stereocenters. The summed E-state index contributed by atoms with van der Waals surface area (Å²) in [6.45, 7) is 8.91. The second-order valence-corrected chi connectivity index (χ2v) is 10.4. The van der Waals surface area contributed by atoms with Gasteiger partial charge in [-0.3, -0.25) is 14.2 Å². The summed E-state index contributed by atoms with van der Waals surface area (Å²) in [6.07, 6.45) is 1.87. The smallest absolute Gasteiger partial charge is 0.271 e. The number of aryl methyl sites for hydroxylation is 1. The van der Waals surface area contributed by atoms with Crippen molar-refractivity contribution in [3.63, 3.8) is 0 Å². The summed E-state index contributed by atoms with van der Waals surface area (Å²) in [6, 6.07) is 12.7. The fourth-order valence-electron chi connectivity index (χ4n) is 4.09. The highest BCUT2D eigenvalue weighted by molar-refractivity contribution is 9.10. The van der Waals surface area contributed by atoms with Crippen molar-refractivity contribution in [1.82, 2.24) is 9.47 Å². The minimum Gasteiger partial charge on any atom is -0.339 e. The Hall–Kier alpha value is -2.48. The SMILES string of the molecule is CCN(CC)C(=O)C1=C(C)N=c2s/c(=C/c3ccc(C)c(Br)c3)c(=O)n2[C@@H]1c1ccc(Cl)cc1. The van der Waals surface area contributed by atoms with E-state index in [1.54, 1.807) is 21.6 Å². The van der Waals surface area contributed by atoms with Crippen molar-refractivity contribution in [3.05, 3.63) is 99.6 Å². The van der Waals surface area contributed by atoms with Crippen LogP contribution in [0.2, 0.25) is 5.02 Å². The van der Waals surface area contributed by atoms with Crippen molar-refractivity contribution >= 4 is 50.9 Å². The topological polar surface area (TPSA) is 54.7 Å². The highest BCUT2D eigenvalue weighted by Gasteiger charge is 2.34. The van der Waals surface area contributed by atoms with Gasteiger partial charge in [-0.05, 0) is 68.7 Å². The molecule has 0 aliphatic carbocycles. The number of carbonyl (C=O) groups is 1. The first kappa shape index (κ1) is 24.6. The Morgan fingerprint density at radius 2 is 1.85 bits per heavy atom. The average Bonchev–Trinajstić information content (AvgIpc) is 3.11. The molecule has 2 aromatic carbocycles. The normalized spacial score (nSPS) is 15.8. The Morgan fingerprint density at radius 3 is 2.47 bits per heavy atom. The van der Waals surface area contributed by atoms with Crippen LogP contribution in [0.25, 0.3) is 6.08 Å². The van der Waals surface area contributed by atoms with Crippen LogP contribution in [0.4, 0.5) is 0 Å². The summed E-state index contributed by atoms with van der Waals surface area (Å²) in [4.78, 5) is 34.3.